The van der Waals surface area contributed by atoms with Crippen molar-refractivity contribution in [3.05, 3.63) is 40.0 Å². The highest BCUT2D eigenvalue weighted by Gasteiger charge is 2.73. The Morgan fingerprint density at radius 1 is 1.18 bits per heavy atom. The van der Waals surface area contributed by atoms with Crippen molar-refractivity contribution in [2.75, 3.05) is 0 Å². The molecule has 2 N–H and O–H groups in total. The van der Waals surface area contributed by atoms with E-state index in [1.807, 2.05) is 27.7 Å². The molecule has 1 unspecified atom stereocenters. The number of aromatic hydroxyl groups is 1. The quantitative estimate of drug-likeness (QED) is 0.518. The zero-order chi connectivity index (χ0) is 25.5. The van der Waals surface area contributed by atoms with E-state index >= 15 is 0 Å². The summed E-state index contributed by atoms with van der Waals surface area (Å²) in [7, 11) is 0. The van der Waals surface area contributed by atoms with Crippen LogP contribution in [0, 0.1) is 28.6 Å². The van der Waals surface area contributed by atoms with E-state index < -0.39 is 51.4 Å². The number of benzene rings is 1. The maximum Gasteiger partial charge on any atom is 0.206 e. The summed E-state index contributed by atoms with van der Waals surface area (Å²) in [5.41, 5.74) is -2.25. The van der Waals surface area contributed by atoms with E-state index in [0.29, 0.717) is 18.4 Å². The number of phenols is 1. The Labute approximate surface area is 200 Å². The molecule has 1 aromatic rings. The predicted molar refractivity (Wildman–Crippen MR) is 127 cm³/mol. The number of Topliss-reactive ketones (excluding diaryl/α,β-unsaturated/α-hetero) is 4. The van der Waals surface area contributed by atoms with Gasteiger partial charge in [-0.15, -0.1) is 0 Å². The summed E-state index contributed by atoms with van der Waals surface area (Å²) in [5.74, 6) is -4.72. The fourth-order valence-electron chi connectivity index (χ4n) is 7.88. The maximum atomic E-state index is 14.2. The summed E-state index contributed by atoms with van der Waals surface area (Å²) in [4.78, 5) is 54.2. The van der Waals surface area contributed by atoms with Gasteiger partial charge in [0.05, 0.1) is 17.1 Å². The van der Waals surface area contributed by atoms with Crippen molar-refractivity contribution in [1.29, 1.82) is 0 Å². The second-order valence-electron chi connectivity index (χ2n) is 11.4. The molecule has 1 fully saturated rings. The van der Waals surface area contributed by atoms with Crippen LogP contribution in [-0.2, 0) is 27.2 Å². The van der Waals surface area contributed by atoms with Crippen molar-refractivity contribution in [2.45, 2.75) is 73.3 Å². The summed E-state index contributed by atoms with van der Waals surface area (Å²) < 4.78 is 0. The number of carbonyl (C=O) groups excluding carboxylic acids is 4. The minimum Gasteiger partial charge on any atom is -0.507 e. The lowest BCUT2D eigenvalue weighted by atomic mass is 9.40. The number of aryl methyl sites for hydroxylation is 1. The highest BCUT2D eigenvalue weighted by Crippen LogP contribution is 2.64. The number of fused-ring (bicyclic) bond motifs is 3. The van der Waals surface area contributed by atoms with E-state index in [1.54, 1.807) is 19.9 Å². The highest BCUT2D eigenvalue weighted by atomic mass is 16.3. The molecule has 6 nitrogen and oxygen atoms in total. The van der Waals surface area contributed by atoms with Crippen molar-refractivity contribution < 1.29 is 29.4 Å². The van der Waals surface area contributed by atoms with Crippen molar-refractivity contribution in [3.8, 4) is 5.75 Å². The molecule has 34 heavy (non-hydrogen) atoms. The highest BCUT2D eigenvalue weighted by molar-refractivity contribution is 6.33. The van der Waals surface area contributed by atoms with E-state index in [9.17, 15) is 29.4 Å². The molecule has 5 atom stereocenters. The molecule has 6 heteroatoms. The van der Waals surface area contributed by atoms with Gasteiger partial charge in [0.1, 0.15) is 5.75 Å². The van der Waals surface area contributed by atoms with Gasteiger partial charge in [-0.2, -0.15) is 0 Å². The number of hydrogen-bond acceptors (Lipinski definition) is 6. The van der Waals surface area contributed by atoms with Gasteiger partial charge in [0.25, 0.3) is 0 Å². The van der Waals surface area contributed by atoms with Gasteiger partial charge in [-0.3, -0.25) is 19.2 Å². The molecule has 3 aliphatic carbocycles. The van der Waals surface area contributed by atoms with Crippen molar-refractivity contribution in [1.82, 2.24) is 0 Å². The van der Waals surface area contributed by atoms with Crippen LogP contribution in [0.5, 0.6) is 5.75 Å². The smallest absolute Gasteiger partial charge is 0.206 e. The second kappa shape index (κ2) is 7.45. The van der Waals surface area contributed by atoms with Crippen LogP contribution in [0.4, 0.5) is 0 Å². The number of aliphatic hydroxyl groups is 1. The standard InChI is InChI=1S/C28H34O6/c1-8-16-9-10-18(30)20-17(16)11-26(6)12-27(7)21(13(2)3)14(4)19(15(5)29)24(32)28(27,34)25(33)22(26)23(20)31/h9-10,13,21-22,30,34H,8,11-12H2,1-7H3/t21-,22?,26+,27+,28-/m1/s1. The molecule has 1 saturated carbocycles. The fourth-order valence-corrected chi connectivity index (χ4v) is 7.88. The zero-order valence-corrected chi connectivity index (χ0v) is 21.0. The van der Waals surface area contributed by atoms with Crippen LogP contribution in [0.2, 0.25) is 0 Å². The van der Waals surface area contributed by atoms with Crippen molar-refractivity contribution in [2.24, 2.45) is 28.6 Å². The second-order valence-corrected chi connectivity index (χ2v) is 11.4. The van der Waals surface area contributed by atoms with Gasteiger partial charge in [-0.05, 0) is 67.6 Å². The normalized spacial score (nSPS) is 35.3. The molecule has 0 saturated heterocycles. The Hall–Kier alpha value is -2.60. The lowest BCUT2D eigenvalue weighted by Gasteiger charge is -2.62. The first-order valence-electron chi connectivity index (χ1n) is 12.1. The molecule has 0 heterocycles. The Balaban J connectivity index is 2.02. The third-order valence-electron chi connectivity index (χ3n) is 8.89. The van der Waals surface area contributed by atoms with E-state index in [4.69, 9.17) is 0 Å². The SMILES string of the molecule is CCc1ccc(O)c2c1C[C@@]1(C)C[C@@]3(C)[C@H](C(C)C)C(C)=C(C(C)=O)C(=O)[C@@]3(O)C(=O)C1C2=O. The number of ketones is 4. The van der Waals surface area contributed by atoms with Crippen LogP contribution in [-0.4, -0.2) is 38.9 Å². The van der Waals surface area contributed by atoms with Crippen LogP contribution < -0.4 is 0 Å². The first-order valence-corrected chi connectivity index (χ1v) is 12.1. The van der Waals surface area contributed by atoms with Crippen molar-refractivity contribution >= 4 is 23.1 Å². The molecule has 1 aromatic carbocycles. The predicted octanol–water partition coefficient (Wildman–Crippen LogP) is 3.79. The Bertz CT molecular complexity index is 1190. The molecule has 182 valence electrons. The molecule has 0 radical (unpaired) electrons. The number of carbonyl (C=O) groups is 4. The topological polar surface area (TPSA) is 109 Å². The first kappa shape index (κ1) is 24.5. The van der Waals surface area contributed by atoms with E-state index in [0.717, 1.165) is 11.1 Å². The van der Waals surface area contributed by atoms with Crippen LogP contribution in [0.3, 0.4) is 0 Å². The van der Waals surface area contributed by atoms with Gasteiger partial charge in [0, 0.05) is 5.41 Å². The Morgan fingerprint density at radius 2 is 1.79 bits per heavy atom. The van der Waals surface area contributed by atoms with Gasteiger partial charge < -0.3 is 10.2 Å². The molecule has 0 bridgehead atoms. The van der Waals surface area contributed by atoms with Crippen LogP contribution in [0.25, 0.3) is 0 Å². The maximum absolute atomic E-state index is 14.2. The monoisotopic (exact) mass is 466 g/mol. The van der Waals surface area contributed by atoms with Gasteiger partial charge in [0.2, 0.25) is 5.78 Å². The minimum absolute atomic E-state index is 0.0613. The van der Waals surface area contributed by atoms with Gasteiger partial charge in [-0.1, -0.05) is 46.3 Å². The Morgan fingerprint density at radius 3 is 2.32 bits per heavy atom. The third-order valence-corrected chi connectivity index (χ3v) is 8.89. The summed E-state index contributed by atoms with van der Waals surface area (Å²) in [6, 6.07) is 3.27. The number of allylic oxidation sites excluding steroid dienone is 1. The summed E-state index contributed by atoms with van der Waals surface area (Å²) in [5, 5.41) is 22.6. The van der Waals surface area contributed by atoms with E-state index in [-0.39, 0.29) is 29.2 Å². The average molecular weight is 467 g/mol. The average Bonchev–Trinajstić information content (AvgIpc) is 2.70. The first-order chi connectivity index (χ1) is 15.7. The summed E-state index contributed by atoms with van der Waals surface area (Å²) in [6.45, 7) is 12.6. The van der Waals surface area contributed by atoms with Crippen LogP contribution >= 0.6 is 0 Å². The zero-order valence-electron chi connectivity index (χ0n) is 21.0. The van der Waals surface area contributed by atoms with Gasteiger partial charge >= 0.3 is 0 Å². The van der Waals surface area contributed by atoms with E-state index in [1.165, 1.54) is 13.0 Å². The molecule has 3 aliphatic rings. The lowest BCUT2D eigenvalue weighted by molar-refractivity contribution is -0.192. The molecule has 0 spiro atoms. The van der Waals surface area contributed by atoms with Gasteiger partial charge in [-0.25, -0.2) is 0 Å². The minimum atomic E-state index is -2.49. The van der Waals surface area contributed by atoms with E-state index in [2.05, 4.69) is 0 Å². The molecule has 0 amide bonds. The third kappa shape index (κ3) is 2.78. The number of phenolic OH excluding ortho intramolecular Hbond substituents is 1. The fraction of sp³-hybridized carbons (Fsp3) is 0.571. The van der Waals surface area contributed by atoms with Crippen molar-refractivity contribution in [3.63, 3.8) is 0 Å². The Kier molecular flexibility index (Phi) is 5.37. The molecule has 0 aliphatic heterocycles. The molecule has 0 aromatic heterocycles. The molecular formula is C28H34O6. The summed E-state index contributed by atoms with van der Waals surface area (Å²) >= 11 is 0. The van der Waals surface area contributed by atoms with Gasteiger partial charge in [0.15, 0.2) is 23.0 Å². The van der Waals surface area contributed by atoms with Crippen LogP contribution in [0.1, 0.15) is 76.4 Å². The number of hydrogen-bond donors (Lipinski definition) is 2. The summed E-state index contributed by atoms with van der Waals surface area (Å²) in [6.07, 6.45) is 1.31. The molecular weight excluding hydrogens is 432 g/mol. The lowest BCUT2D eigenvalue weighted by Crippen LogP contribution is -2.73. The largest absolute Gasteiger partial charge is 0.507 e. The van der Waals surface area contributed by atoms with Crippen LogP contribution in [0.15, 0.2) is 23.3 Å². The molecule has 4 rings (SSSR count). The number of rotatable bonds is 3.